The number of allylic oxidation sites excluding steroid dienone is 2. The molecule has 15 heavy (non-hydrogen) atoms. The molecule has 1 aromatic heterocycles. The van der Waals surface area contributed by atoms with E-state index in [2.05, 4.69) is 34.6 Å². The van der Waals surface area contributed by atoms with Crippen LogP contribution in [0.4, 0.5) is 5.69 Å². The number of nitrogens with one attached hydrogen (secondary N) is 2. The first kappa shape index (κ1) is 7.35. The third-order valence-corrected chi connectivity index (χ3v) is 3.15. The van der Waals surface area contributed by atoms with Crippen LogP contribution < -0.4 is 5.32 Å². The van der Waals surface area contributed by atoms with Crippen molar-refractivity contribution in [2.75, 3.05) is 5.32 Å². The molecule has 0 unspecified atom stereocenters. The van der Waals surface area contributed by atoms with E-state index >= 15 is 0 Å². The van der Waals surface area contributed by atoms with E-state index in [9.17, 15) is 0 Å². The summed E-state index contributed by atoms with van der Waals surface area (Å²) in [6, 6.07) is 4.36. The Morgan fingerprint density at radius 3 is 3.13 bits per heavy atom. The Kier molecular flexibility index (Phi) is 1.15. The highest BCUT2D eigenvalue weighted by Gasteiger charge is 2.24. The van der Waals surface area contributed by atoms with Gasteiger partial charge >= 0.3 is 0 Å². The van der Waals surface area contributed by atoms with Crippen LogP contribution in [0.2, 0.25) is 0 Å². The molecule has 72 valence electrons. The zero-order valence-electron chi connectivity index (χ0n) is 8.17. The minimum atomic E-state index is 1.15. The molecule has 1 aliphatic carbocycles. The normalized spacial score (nSPS) is 15.7. The molecule has 1 aromatic carbocycles. The second kappa shape index (κ2) is 2.34. The molecule has 0 bridgehead atoms. The molecule has 0 spiro atoms. The molecule has 2 N–H and O–H groups in total. The first-order chi connectivity index (χ1) is 7.43. The molecular weight excluding hydrogens is 184 g/mol. The summed E-state index contributed by atoms with van der Waals surface area (Å²) >= 11 is 0. The SMILES string of the molecule is C1=CNc2ccc3c4c([nH]c3c2C=C1)C4. The number of hydrogen-bond donors (Lipinski definition) is 2. The predicted molar refractivity (Wildman–Crippen MR) is 62.9 cm³/mol. The summed E-state index contributed by atoms with van der Waals surface area (Å²) < 4.78 is 0. The monoisotopic (exact) mass is 194 g/mol. The first-order valence-corrected chi connectivity index (χ1v) is 5.20. The molecular formula is C13H10N2. The lowest BCUT2D eigenvalue weighted by molar-refractivity contribution is 1.35. The number of aromatic amines is 1. The highest BCUT2D eigenvalue weighted by Crippen LogP contribution is 2.39. The zero-order chi connectivity index (χ0) is 9.83. The molecule has 0 saturated heterocycles. The quantitative estimate of drug-likeness (QED) is 0.565. The van der Waals surface area contributed by atoms with Crippen LogP contribution in [-0.4, -0.2) is 4.98 Å². The van der Waals surface area contributed by atoms with Crippen molar-refractivity contribution >= 4 is 22.7 Å². The van der Waals surface area contributed by atoms with E-state index in [0.717, 1.165) is 6.42 Å². The molecule has 2 nitrogen and oxygen atoms in total. The Labute approximate surface area is 87.3 Å². The van der Waals surface area contributed by atoms with Gasteiger partial charge in [0.05, 0.1) is 5.52 Å². The van der Waals surface area contributed by atoms with Crippen molar-refractivity contribution in [1.82, 2.24) is 4.98 Å². The summed E-state index contributed by atoms with van der Waals surface area (Å²) in [7, 11) is 0. The van der Waals surface area contributed by atoms with Crippen LogP contribution in [0.25, 0.3) is 17.0 Å². The second-order valence-electron chi connectivity index (χ2n) is 4.07. The summed E-state index contributed by atoms with van der Waals surface area (Å²) in [6.45, 7) is 0. The van der Waals surface area contributed by atoms with Gasteiger partial charge in [-0.15, -0.1) is 0 Å². The Bertz CT molecular complexity index is 630. The number of rotatable bonds is 0. The van der Waals surface area contributed by atoms with Crippen molar-refractivity contribution in [3.63, 3.8) is 0 Å². The Morgan fingerprint density at radius 1 is 1.13 bits per heavy atom. The lowest BCUT2D eigenvalue weighted by Crippen LogP contribution is -1.90. The number of hydrogen-bond acceptors (Lipinski definition) is 1. The van der Waals surface area contributed by atoms with E-state index in [1.54, 1.807) is 0 Å². The Morgan fingerprint density at radius 2 is 2.13 bits per heavy atom. The van der Waals surface area contributed by atoms with Crippen LogP contribution >= 0.6 is 0 Å². The van der Waals surface area contributed by atoms with Crippen LogP contribution in [0.5, 0.6) is 0 Å². The van der Waals surface area contributed by atoms with Crippen molar-refractivity contribution in [3.8, 4) is 0 Å². The summed E-state index contributed by atoms with van der Waals surface area (Å²) in [5, 5.41) is 4.67. The first-order valence-electron chi connectivity index (χ1n) is 5.20. The molecule has 2 heteroatoms. The smallest absolute Gasteiger partial charge is 0.0553 e. The third kappa shape index (κ3) is 0.885. The molecule has 0 fully saturated rings. The van der Waals surface area contributed by atoms with Crippen LogP contribution in [-0.2, 0) is 6.42 Å². The van der Waals surface area contributed by atoms with Crippen LogP contribution in [0.15, 0.2) is 30.5 Å². The van der Waals surface area contributed by atoms with Crippen LogP contribution in [0, 0.1) is 0 Å². The van der Waals surface area contributed by atoms with Crippen molar-refractivity contribution in [1.29, 1.82) is 0 Å². The highest BCUT2D eigenvalue weighted by molar-refractivity contribution is 5.99. The number of aromatic nitrogens is 1. The van der Waals surface area contributed by atoms with Crippen LogP contribution in [0.1, 0.15) is 16.8 Å². The van der Waals surface area contributed by atoms with E-state index in [1.807, 2.05) is 12.3 Å². The molecule has 2 heterocycles. The average Bonchev–Trinajstić information content (AvgIpc) is 2.98. The van der Waals surface area contributed by atoms with E-state index in [-0.39, 0.29) is 0 Å². The topological polar surface area (TPSA) is 27.8 Å². The molecule has 1 aliphatic heterocycles. The Balaban J connectivity index is 2.12. The van der Waals surface area contributed by atoms with E-state index < -0.39 is 0 Å². The molecule has 4 rings (SSSR count). The van der Waals surface area contributed by atoms with Gasteiger partial charge in [-0.05, 0) is 17.7 Å². The fourth-order valence-corrected chi connectivity index (χ4v) is 2.31. The van der Waals surface area contributed by atoms with E-state index in [1.165, 1.54) is 33.4 Å². The van der Waals surface area contributed by atoms with Gasteiger partial charge in [-0.2, -0.15) is 0 Å². The summed E-state index contributed by atoms with van der Waals surface area (Å²) in [6.07, 6.45) is 9.36. The molecule has 0 radical (unpaired) electrons. The van der Waals surface area contributed by atoms with Gasteiger partial charge in [-0.3, -0.25) is 0 Å². The summed E-state index contributed by atoms with van der Waals surface area (Å²) in [4.78, 5) is 3.49. The van der Waals surface area contributed by atoms with Crippen molar-refractivity contribution in [2.24, 2.45) is 0 Å². The maximum Gasteiger partial charge on any atom is 0.0553 e. The van der Waals surface area contributed by atoms with Gasteiger partial charge in [0.25, 0.3) is 0 Å². The fourth-order valence-electron chi connectivity index (χ4n) is 2.31. The fraction of sp³-hybridized carbons (Fsp3) is 0.0769. The number of anilines is 1. The minimum Gasteiger partial charge on any atom is -0.361 e. The van der Waals surface area contributed by atoms with Gasteiger partial charge < -0.3 is 10.3 Å². The predicted octanol–water partition coefficient (Wildman–Crippen LogP) is 3.02. The lowest BCUT2D eigenvalue weighted by atomic mass is 10.1. The van der Waals surface area contributed by atoms with Gasteiger partial charge in [0, 0.05) is 35.0 Å². The van der Waals surface area contributed by atoms with Gasteiger partial charge in [-0.1, -0.05) is 18.2 Å². The van der Waals surface area contributed by atoms with Crippen molar-refractivity contribution in [2.45, 2.75) is 6.42 Å². The van der Waals surface area contributed by atoms with Crippen molar-refractivity contribution < 1.29 is 0 Å². The van der Waals surface area contributed by atoms with Crippen LogP contribution in [0.3, 0.4) is 0 Å². The molecule has 2 aromatic rings. The Hall–Kier alpha value is -1.96. The molecule has 0 saturated carbocycles. The molecule has 2 aliphatic rings. The summed E-state index contributed by atoms with van der Waals surface area (Å²) in [5.74, 6) is 0. The third-order valence-electron chi connectivity index (χ3n) is 3.15. The van der Waals surface area contributed by atoms with Gasteiger partial charge in [-0.25, -0.2) is 0 Å². The van der Waals surface area contributed by atoms with Gasteiger partial charge in [0.1, 0.15) is 0 Å². The molecule has 0 atom stereocenters. The number of H-pyrrole nitrogens is 1. The number of fused-ring (bicyclic) bond motifs is 5. The second-order valence-corrected chi connectivity index (χ2v) is 4.07. The van der Waals surface area contributed by atoms with E-state index in [4.69, 9.17) is 0 Å². The highest BCUT2D eigenvalue weighted by atomic mass is 14.9. The minimum absolute atomic E-state index is 1.15. The average molecular weight is 194 g/mol. The standard InChI is InChI=1S/C13H10N2/c1-2-6-14-11-5-4-8-10-7-12(10)15-13(8)9(11)3-1/h1-6,14-15H,7H2. The molecule has 0 amide bonds. The van der Waals surface area contributed by atoms with E-state index in [0.29, 0.717) is 0 Å². The number of benzene rings is 1. The maximum absolute atomic E-state index is 3.49. The van der Waals surface area contributed by atoms with Crippen molar-refractivity contribution in [3.05, 3.63) is 47.3 Å². The van der Waals surface area contributed by atoms with Gasteiger partial charge in [0.15, 0.2) is 0 Å². The lowest BCUT2D eigenvalue weighted by Gasteiger charge is -2.06. The maximum atomic E-state index is 3.49. The largest absolute Gasteiger partial charge is 0.361 e. The summed E-state index contributed by atoms with van der Waals surface area (Å²) in [5.41, 5.74) is 6.62. The zero-order valence-corrected chi connectivity index (χ0v) is 8.17. The van der Waals surface area contributed by atoms with Gasteiger partial charge in [0.2, 0.25) is 0 Å².